The number of carbonyl (C=O) groups is 1. The molecule has 4 nitrogen and oxygen atoms in total. The minimum atomic E-state index is 0.169. The molecule has 4 heteroatoms. The average Bonchev–Trinajstić information content (AvgIpc) is 2.91. The van der Waals surface area contributed by atoms with Gasteiger partial charge in [-0.3, -0.25) is 4.79 Å². The van der Waals surface area contributed by atoms with Crippen molar-refractivity contribution < 1.29 is 4.79 Å². The third-order valence-corrected chi connectivity index (χ3v) is 4.34. The number of amides is 1. The molecule has 1 amide bonds. The Labute approximate surface area is 125 Å². The molecule has 0 radical (unpaired) electrons. The molecule has 0 aliphatic carbocycles. The molecule has 21 heavy (non-hydrogen) atoms. The molecule has 0 atom stereocenters. The Morgan fingerprint density at radius 3 is 2.81 bits per heavy atom. The van der Waals surface area contributed by atoms with E-state index in [1.807, 2.05) is 12.1 Å². The maximum Gasteiger partial charge on any atom is 0.222 e. The van der Waals surface area contributed by atoms with Gasteiger partial charge in [-0.15, -0.1) is 0 Å². The number of aromatic nitrogens is 1. The molecule has 1 fully saturated rings. The fourth-order valence-electron chi connectivity index (χ4n) is 3.01. The first-order valence-corrected chi connectivity index (χ1v) is 7.74. The molecule has 2 heterocycles. The molecule has 1 aliphatic rings. The topological polar surface area (TPSA) is 37.3 Å². The molecule has 0 bridgehead atoms. The van der Waals surface area contributed by atoms with Crippen molar-refractivity contribution in [2.24, 2.45) is 0 Å². The number of hydrogen-bond donors (Lipinski definition) is 1. The van der Waals surface area contributed by atoms with Gasteiger partial charge in [-0.1, -0.05) is 18.2 Å². The number of aryl methyl sites for hydroxylation is 1. The maximum absolute atomic E-state index is 12.1. The van der Waals surface area contributed by atoms with Crippen molar-refractivity contribution in [3.63, 3.8) is 0 Å². The lowest BCUT2D eigenvalue weighted by Crippen LogP contribution is -2.43. The number of nitrogens with zero attached hydrogens (tertiary/aromatic N) is 2. The molecular formula is C17H23N3O. The van der Waals surface area contributed by atoms with Crippen LogP contribution in [0.4, 0.5) is 0 Å². The van der Waals surface area contributed by atoms with Crippen molar-refractivity contribution >= 4 is 16.8 Å². The van der Waals surface area contributed by atoms with E-state index < -0.39 is 0 Å². The van der Waals surface area contributed by atoms with Gasteiger partial charge in [-0.2, -0.15) is 0 Å². The van der Waals surface area contributed by atoms with Crippen molar-refractivity contribution in [3.8, 4) is 0 Å². The first kappa shape index (κ1) is 14.1. The summed E-state index contributed by atoms with van der Waals surface area (Å²) >= 11 is 0. The molecule has 112 valence electrons. The number of fused-ring (bicyclic) bond motifs is 1. The average molecular weight is 285 g/mol. The Bertz CT molecular complexity index is 611. The van der Waals surface area contributed by atoms with Crippen molar-refractivity contribution in [1.82, 2.24) is 14.8 Å². The van der Waals surface area contributed by atoms with Crippen LogP contribution in [-0.4, -0.2) is 41.6 Å². The second kappa shape index (κ2) is 6.31. The van der Waals surface area contributed by atoms with Gasteiger partial charge in [0.2, 0.25) is 5.91 Å². The number of nitrogens with one attached hydrogen (secondary N) is 1. The summed E-state index contributed by atoms with van der Waals surface area (Å²) in [6, 6.07) is 10.7. The van der Waals surface area contributed by atoms with Crippen LogP contribution in [0.1, 0.15) is 19.3 Å². The van der Waals surface area contributed by atoms with E-state index >= 15 is 0 Å². The van der Waals surface area contributed by atoms with Crippen LogP contribution >= 0.6 is 0 Å². The zero-order valence-electron chi connectivity index (χ0n) is 12.6. The maximum atomic E-state index is 12.1. The molecule has 1 aromatic heterocycles. The van der Waals surface area contributed by atoms with E-state index in [4.69, 9.17) is 0 Å². The molecule has 1 N–H and O–H groups in total. The Morgan fingerprint density at radius 1 is 1.24 bits per heavy atom. The molecule has 2 aromatic rings. The van der Waals surface area contributed by atoms with Crippen LogP contribution in [0.25, 0.3) is 10.9 Å². The van der Waals surface area contributed by atoms with Crippen LogP contribution in [0.2, 0.25) is 0 Å². The number of piperidine rings is 1. The van der Waals surface area contributed by atoms with Crippen LogP contribution in [-0.2, 0) is 11.3 Å². The lowest BCUT2D eigenvalue weighted by Gasteiger charge is -2.29. The summed E-state index contributed by atoms with van der Waals surface area (Å²) in [4.78, 5) is 14.4. The Hall–Kier alpha value is -1.81. The summed E-state index contributed by atoms with van der Waals surface area (Å²) < 4.78 is 2.16. The predicted octanol–water partition coefficient (Wildman–Crippen LogP) is 2.24. The van der Waals surface area contributed by atoms with E-state index in [1.165, 1.54) is 10.9 Å². The van der Waals surface area contributed by atoms with E-state index in [0.29, 0.717) is 12.5 Å². The number of hydrogen-bond acceptors (Lipinski definition) is 2. The molecular weight excluding hydrogens is 262 g/mol. The lowest BCUT2D eigenvalue weighted by atomic mass is 10.1. The van der Waals surface area contributed by atoms with Gasteiger partial charge in [0.05, 0.1) is 0 Å². The predicted molar refractivity (Wildman–Crippen MR) is 85.2 cm³/mol. The normalized spacial score (nSPS) is 17.2. The first-order valence-electron chi connectivity index (χ1n) is 7.74. The third-order valence-electron chi connectivity index (χ3n) is 4.34. The quantitative estimate of drug-likeness (QED) is 0.935. The summed E-state index contributed by atoms with van der Waals surface area (Å²) in [6.07, 6.45) is 4.74. The van der Waals surface area contributed by atoms with Crippen LogP contribution in [0.5, 0.6) is 0 Å². The zero-order valence-corrected chi connectivity index (χ0v) is 12.6. The van der Waals surface area contributed by atoms with E-state index in [1.54, 1.807) is 0 Å². The van der Waals surface area contributed by atoms with E-state index in [9.17, 15) is 4.79 Å². The van der Waals surface area contributed by atoms with Crippen LogP contribution in [0, 0.1) is 0 Å². The summed E-state index contributed by atoms with van der Waals surface area (Å²) in [5, 5.41) is 4.40. The Morgan fingerprint density at radius 2 is 2.00 bits per heavy atom. The highest BCUT2D eigenvalue weighted by Crippen LogP contribution is 2.15. The Kier molecular flexibility index (Phi) is 4.25. The van der Waals surface area contributed by atoms with Crippen LogP contribution < -0.4 is 5.32 Å². The van der Waals surface area contributed by atoms with Gasteiger partial charge in [0.15, 0.2) is 0 Å². The fourth-order valence-corrected chi connectivity index (χ4v) is 3.01. The number of para-hydroxylation sites is 1. The molecule has 1 saturated heterocycles. The van der Waals surface area contributed by atoms with Gasteiger partial charge < -0.3 is 14.8 Å². The summed E-state index contributed by atoms with van der Waals surface area (Å²) in [7, 11) is 2.13. The molecule has 0 spiro atoms. The van der Waals surface area contributed by atoms with Gasteiger partial charge in [0.25, 0.3) is 0 Å². The molecule has 3 rings (SSSR count). The minimum absolute atomic E-state index is 0.169. The monoisotopic (exact) mass is 285 g/mol. The van der Waals surface area contributed by atoms with Crippen molar-refractivity contribution in [2.75, 3.05) is 20.1 Å². The van der Waals surface area contributed by atoms with Gasteiger partial charge in [-0.05, 0) is 50.5 Å². The second-order valence-electron chi connectivity index (χ2n) is 5.96. The van der Waals surface area contributed by atoms with Crippen molar-refractivity contribution in [3.05, 3.63) is 36.5 Å². The number of carbonyl (C=O) groups excluding carboxylic acids is 1. The standard InChI is InChI=1S/C17H23N3O/c1-19-10-7-15(8-11-19)18-17(21)9-13-20-12-6-14-4-2-3-5-16(14)20/h2-6,12,15H,7-11,13H2,1H3,(H,18,21). The molecule has 0 saturated carbocycles. The SMILES string of the molecule is CN1CCC(NC(=O)CCn2ccc3ccccc32)CC1. The van der Waals surface area contributed by atoms with E-state index in [2.05, 4.69) is 46.2 Å². The van der Waals surface area contributed by atoms with E-state index in [0.717, 1.165) is 32.5 Å². The summed E-state index contributed by atoms with van der Waals surface area (Å²) in [5.41, 5.74) is 1.20. The zero-order chi connectivity index (χ0) is 14.7. The van der Waals surface area contributed by atoms with Gasteiger partial charge in [-0.25, -0.2) is 0 Å². The Balaban J connectivity index is 1.52. The number of benzene rings is 1. The van der Waals surface area contributed by atoms with Crippen LogP contribution in [0.15, 0.2) is 36.5 Å². The second-order valence-corrected chi connectivity index (χ2v) is 5.96. The summed E-state index contributed by atoms with van der Waals surface area (Å²) in [6.45, 7) is 2.90. The van der Waals surface area contributed by atoms with Gasteiger partial charge >= 0.3 is 0 Å². The highest BCUT2D eigenvalue weighted by atomic mass is 16.1. The van der Waals surface area contributed by atoms with E-state index in [-0.39, 0.29) is 5.91 Å². The summed E-state index contributed by atoms with van der Waals surface area (Å²) in [5.74, 6) is 0.169. The number of rotatable bonds is 4. The largest absolute Gasteiger partial charge is 0.353 e. The highest BCUT2D eigenvalue weighted by Gasteiger charge is 2.18. The van der Waals surface area contributed by atoms with Crippen molar-refractivity contribution in [2.45, 2.75) is 31.8 Å². The minimum Gasteiger partial charge on any atom is -0.353 e. The van der Waals surface area contributed by atoms with Crippen LogP contribution in [0.3, 0.4) is 0 Å². The third kappa shape index (κ3) is 3.45. The van der Waals surface area contributed by atoms with Gasteiger partial charge in [0.1, 0.15) is 0 Å². The molecule has 1 aromatic carbocycles. The van der Waals surface area contributed by atoms with Gasteiger partial charge in [0, 0.05) is 30.7 Å². The first-order chi connectivity index (χ1) is 10.2. The van der Waals surface area contributed by atoms with Crippen molar-refractivity contribution in [1.29, 1.82) is 0 Å². The molecule has 1 aliphatic heterocycles. The highest BCUT2D eigenvalue weighted by molar-refractivity contribution is 5.80. The fraction of sp³-hybridized carbons (Fsp3) is 0.471. The lowest BCUT2D eigenvalue weighted by molar-refractivity contribution is -0.122. The number of likely N-dealkylation sites (tertiary alicyclic amines) is 1. The molecule has 0 unspecified atom stereocenters. The smallest absolute Gasteiger partial charge is 0.222 e.